The molecule has 1 aromatic rings. The van der Waals surface area contributed by atoms with Gasteiger partial charge in [-0.25, -0.2) is 0 Å². The third kappa shape index (κ3) is 3.38. The first-order chi connectivity index (χ1) is 9.47. The highest BCUT2D eigenvalue weighted by Crippen LogP contribution is 2.34. The van der Waals surface area contributed by atoms with E-state index in [-0.39, 0.29) is 5.91 Å². The molecule has 3 atom stereocenters. The quantitative estimate of drug-likeness (QED) is 0.891. The molecule has 2 rings (SSSR count). The van der Waals surface area contributed by atoms with Crippen LogP contribution in [0.2, 0.25) is 0 Å². The summed E-state index contributed by atoms with van der Waals surface area (Å²) in [6, 6.07) is 7.53. The number of anilines is 1. The Bertz CT molecular complexity index is 495. The van der Waals surface area contributed by atoms with Crippen molar-refractivity contribution in [1.29, 1.82) is 0 Å². The fourth-order valence-electron chi connectivity index (χ4n) is 2.84. The van der Waals surface area contributed by atoms with Crippen LogP contribution in [-0.2, 0) is 9.59 Å². The minimum absolute atomic E-state index is 0.173. The number of hydrogen-bond acceptors (Lipinski definition) is 2. The van der Waals surface area contributed by atoms with Crippen LogP contribution in [0.3, 0.4) is 0 Å². The van der Waals surface area contributed by atoms with Gasteiger partial charge in [0.1, 0.15) is 0 Å². The Morgan fingerprint density at radius 3 is 2.40 bits per heavy atom. The molecule has 1 amide bonds. The predicted octanol–water partition coefficient (Wildman–Crippen LogP) is 3.07. The Kier molecular flexibility index (Phi) is 4.42. The fourth-order valence-corrected chi connectivity index (χ4v) is 2.84. The number of aryl methyl sites for hydroxylation is 1. The van der Waals surface area contributed by atoms with E-state index >= 15 is 0 Å². The number of benzene rings is 1. The predicted molar refractivity (Wildman–Crippen MR) is 77.4 cm³/mol. The van der Waals surface area contributed by atoms with Crippen LogP contribution >= 0.6 is 0 Å². The Morgan fingerprint density at radius 2 is 1.80 bits per heavy atom. The van der Waals surface area contributed by atoms with E-state index in [1.54, 1.807) is 0 Å². The summed E-state index contributed by atoms with van der Waals surface area (Å²) in [7, 11) is 0. The van der Waals surface area contributed by atoms with Gasteiger partial charge in [-0.15, -0.1) is 0 Å². The van der Waals surface area contributed by atoms with Gasteiger partial charge in [0.15, 0.2) is 0 Å². The largest absolute Gasteiger partial charge is 0.481 e. The lowest BCUT2D eigenvalue weighted by molar-refractivity contribution is -0.148. The van der Waals surface area contributed by atoms with E-state index in [1.165, 1.54) is 0 Å². The van der Waals surface area contributed by atoms with Crippen LogP contribution in [0.1, 0.15) is 31.7 Å². The van der Waals surface area contributed by atoms with Crippen molar-refractivity contribution in [2.45, 2.75) is 33.1 Å². The van der Waals surface area contributed by atoms with Gasteiger partial charge in [0.25, 0.3) is 0 Å². The maximum absolute atomic E-state index is 12.3. The molecule has 0 spiro atoms. The minimum atomic E-state index is -0.861. The Labute approximate surface area is 119 Å². The van der Waals surface area contributed by atoms with Crippen molar-refractivity contribution in [1.82, 2.24) is 0 Å². The number of amides is 1. The molecule has 3 unspecified atom stereocenters. The summed E-state index contributed by atoms with van der Waals surface area (Å²) in [5.74, 6) is -1.65. The second kappa shape index (κ2) is 6.07. The first-order valence-corrected chi connectivity index (χ1v) is 7.07. The molecule has 0 radical (unpaired) electrons. The SMILES string of the molecule is Cc1ccc(NC(=O)C2CCC(C)CC2C(=O)O)cc1. The van der Waals surface area contributed by atoms with Crippen LogP contribution < -0.4 is 5.32 Å². The molecule has 4 nitrogen and oxygen atoms in total. The van der Waals surface area contributed by atoms with Crippen molar-refractivity contribution in [2.75, 3.05) is 5.32 Å². The van der Waals surface area contributed by atoms with Gasteiger partial charge in [-0.05, 0) is 44.2 Å². The van der Waals surface area contributed by atoms with Crippen molar-refractivity contribution in [2.24, 2.45) is 17.8 Å². The number of carboxylic acid groups (broad SMARTS) is 1. The first kappa shape index (κ1) is 14.6. The Morgan fingerprint density at radius 1 is 1.15 bits per heavy atom. The number of rotatable bonds is 3. The van der Waals surface area contributed by atoms with Gasteiger partial charge in [0, 0.05) is 5.69 Å². The van der Waals surface area contributed by atoms with Crippen molar-refractivity contribution in [3.63, 3.8) is 0 Å². The summed E-state index contributed by atoms with van der Waals surface area (Å²) in [6.07, 6.45) is 2.15. The summed E-state index contributed by atoms with van der Waals surface area (Å²) in [4.78, 5) is 23.6. The number of carbonyl (C=O) groups excluding carboxylic acids is 1. The lowest BCUT2D eigenvalue weighted by Gasteiger charge is -2.31. The van der Waals surface area contributed by atoms with E-state index in [9.17, 15) is 14.7 Å². The third-order valence-electron chi connectivity index (χ3n) is 4.09. The maximum Gasteiger partial charge on any atom is 0.307 e. The normalized spacial score (nSPS) is 26.0. The number of aliphatic carboxylic acids is 1. The smallest absolute Gasteiger partial charge is 0.307 e. The number of carboxylic acids is 1. The van der Waals surface area contributed by atoms with Gasteiger partial charge in [0.2, 0.25) is 5.91 Å². The topological polar surface area (TPSA) is 66.4 Å². The van der Waals surface area contributed by atoms with Crippen molar-refractivity contribution >= 4 is 17.6 Å². The van der Waals surface area contributed by atoms with Gasteiger partial charge in [-0.1, -0.05) is 24.6 Å². The van der Waals surface area contributed by atoms with Crippen LogP contribution in [-0.4, -0.2) is 17.0 Å². The minimum Gasteiger partial charge on any atom is -0.481 e. The number of nitrogens with one attached hydrogen (secondary N) is 1. The first-order valence-electron chi connectivity index (χ1n) is 7.07. The van der Waals surface area contributed by atoms with Gasteiger partial charge in [-0.2, -0.15) is 0 Å². The second-order valence-corrected chi connectivity index (χ2v) is 5.82. The Balaban J connectivity index is 2.06. The highest BCUT2D eigenvalue weighted by atomic mass is 16.4. The van der Waals surface area contributed by atoms with Crippen LogP contribution in [0.25, 0.3) is 0 Å². The molecule has 0 aliphatic heterocycles. The van der Waals surface area contributed by atoms with Crippen LogP contribution in [0.15, 0.2) is 24.3 Å². The van der Waals surface area contributed by atoms with Crippen molar-refractivity contribution in [3.05, 3.63) is 29.8 Å². The van der Waals surface area contributed by atoms with Gasteiger partial charge >= 0.3 is 5.97 Å². The highest BCUT2D eigenvalue weighted by molar-refractivity contribution is 5.95. The molecule has 0 heterocycles. The van der Waals surface area contributed by atoms with Crippen LogP contribution in [0.5, 0.6) is 0 Å². The molecule has 1 aliphatic carbocycles. The van der Waals surface area contributed by atoms with E-state index in [1.807, 2.05) is 38.1 Å². The standard InChI is InChI=1S/C16H21NO3/c1-10-3-6-12(7-4-10)17-15(18)13-8-5-11(2)9-14(13)16(19)20/h3-4,6-7,11,13-14H,5,8-9H2,1-2H3,(H,17,18)(H,19,20). The molecular formula is C16H21NO3. The van der Waals surface area contributed by atoms with E-state index in [4.69, 9.17) is 0 Å². The maximum atomic E-state index is 12.3. The zero-order chi connectivity index (χ0) is 14.7. The summed E-state index contributed by atoms with van der Waals surface area (Å²) in [5.41, 5.74) is 1.85. The lowest BCUT2D eigenvalue weighted by Crippen LogP contribution is -2.38. The molecule has 1 saturated carbocycles. The molecule has 108 valence electrons. The number of hydrogen-bond donors (Lipinski definition) is 2. The van der Waals surface area contributed by atoms with Crippen molar-refractivity contribution < 1.29 is 14.7 Å². The summed E-state index contributed by atoms with van der Waals surface area (Å²) in [5, 5.41) is 12.1. The molecule has 4 heteroatoms. The van der Waals surface area contributed by atoms with Gasteiger partial charge in [-0.3, -0.25) is 9.59 Å². The van der Waals surface area contributed by atoms with Gasteiger partial charge < -0.3 is 10.4 Å². The third-order valence-corrected chi connectivity index (χ3v) is 4.09. The molecule has 1 aliphatic rings. The van der Waals surface area contributed by atoms with E-state index in [0.29, 0.717) is 18.8 Å². The van der Waals surface area contributed by atoms with Crippen LogP contribution in [0.4, 0.5) is 5.69 Å². The Hall–Kier alpha value is -1.84. The second-order valence-electron chi connectivity index (χ2n) is 5.82. The molecule has 0 bridgehead atoms. The van der Waals surface area contributed by atoms with E-state index < -0.39 is 17.8 Å². The molecule has 0 aromatic heterocycles. The summed E-state index contributed by atoms with van der Waals surface area (Å²) < 4.78 is 0. The lowest BCUT2D eigenvalue weighted by atomic mass is 9.74. The zero-order valence-electron chi connectivity index (χ0n) is 11.9. The monoisotopic (exact) mass is 275 g/mol. The molecule has 1 fully saturated rings. The molecule has 1 aromatic carbocycles. The summed E-state index contributed by atoms with van der Waals surface area (Å²) >= 11 is 0. The molecule has 0 saturated heterocycles. The highest BCUT2D eigenvalue weighted by Gasteiger charge is 2.38. The van der Waals surface area contributed by atoms with Crippen LogP contribution in [0, 0.1) is 24.7 Å². The molecular weight excluding hydrogens is 254 g/mol. The number of carbonyl (C=O) groups is 2. The molecule has 20 heavy (non-hydrogen) atoms. The van der Waals surface area contributed by atoms with E-state index in [2.05, 4.69) is 5.32 Å². The van der Waals surface area contributed by atoms with Crippen molar-refractivity contribution in [3.8, 4) is 0 Å². The average Bonchev–Trinajstić information content (AvgIpc) is 2.41. The summed E-state index contributed by atoms with van der Waals surface area (Å²) in [6.45, 7) is 4.03. The average molecular weight is 275 g/mol. The van der Waals surface area contributed by atoms with Gasteiger partial charge in [0.05, 0.1) is 11.8 Å². The fraction of sp³-hybridized carbons (Fsp3) is 0.500. The van der Waals surface area contributed by atoms with E-state index in [0.717, 1.165) is 17.7 Å². The molecule has 2 N–H and O–H groups in total. The zero-order valence-corrected chi connectivity index (χ0v) is 11.9.